The summed E-state index contributed by atoms with van der Waals surface area (Å²) in [5, 5.41) is 13.3. The maximum atomic E-state index is 13.4. The van der Waals surface area contributed by atoms with Gasteiger partial charge in [0.2, 0.25) is 11.7 Å². The van der Waals surface area contributed by atoms with Gasteiger partial charge < -0.3 is 15.2 Å². The Kier molecular flexibility index (Phi) is 6.70. The number of aliphatic hydroxyl groups excluding tert-OH is 1. The molecule has 1 aliphatic heterocycles. The standard InChI is InChI=1S/C25H19F3N2O6S/c1-36-18-12-6-15(7-13-18)23(32)22-24(33)19-4-2-3-5-20(19)37(34,35)30(22)14-21(31)29-17-10-8-16(9-11-17)25(26,27)28/h2-13,32H,14H2,1H3,(H,29,31). The minimum atomic E-state index is -4.57. The molecule has 3 aromatic carbocycles. The lowest BCUT2D eigenvalue weighted by atomic mass is 10.0. The summed E-state index contributed by atoms with van der Waals surface area (Å²) < 4.78 is 70.9. The van der Waals surface area contributed by atoms with Crippen LogP contribution in [0.2, 0.25) is 0 Å². The Hall–Kier alpha value is -4.32. The number of methoxy groups -OCH3 is 1. The third-order valence-corrected chi connectivity index (χ3v) is 7.34. The van der Waals surface area contributed by atoms with Crippen LogP contribution in [-0.4, -0.2) is 43.2 Å². The first-order chi connectivity index (χ1) is 17.4. The topological polar surface area (TPSA) is 113 Å². The molecule has 3 aromatic rings. The molecule has 0 aromatic heterocycles. The van der Waals surface area contributed by atoms with E-state index in [-0.39, 0.29) is 21.7 Å². The van der Waals surface area contributed by atoms with Crippen molar-refractivity contribution in [3.05, 3.63) is 95.2 Å². The zero-order valence-electron chi connectivity index (χ0n) is 19.1. The molecule has 192 valence electrons. The zero-order valence-corrected chi connectivity index (χ0v) is 19.9. The van der Waals surface area contributed by atoms with Gasteiger partial charge in [-0.3, -0.25) is 9.59 Å². The molecule has 37 heavy (non-hydrogen) atoms. The van der Waals surface area contributed by atoms with Gasteiger partial charge in [0.25, 0.3) is 10.0 Å². The summed E-state index contributed by atoms with van der Waals surface area (Å²) in [4.78, 5) is 25.8. The van der Waals surface area contributed by atoms with Gasteiger partial charge in [0.05, 0.1) is 17.6 Å². The van der Waals surface area contributed by atoms with E-state index < -0.39 is 51.5 Å². The number of hydrogen-bond donors (Lipinski definition) is 2. The first-order valence-electron chi connectivity index (χ1n) is 10.6. The number of hydrogen-bond acceptors (Lipinski definition) is 6. The lowest BCUT2D eigenvalue weighted by Crippen LogP contribution is -2.43. The number of carbonyl (C=O) groups excluding carboxylic acids is 2. The number of ketones is 1. The highest BCUT2D eigenvalue weighted by molar-refractivity contribution is 7.89. The monoisotopic (exact) mass is 532 g/mol. The molecule has 0 spiro atoms. The molecule has 8 nitrogen and oxygen atoms in total. The summed E-state index contributed by atoms with van der Waals surface area (Å²) in [5.74, 6) is -2.02. The molecule has 0 aliphatic carbocycles. The number of nitrogens with one attached hydrogen (secondary N) is 1. The van der Waals surface area contributed by atoms with Gasteiger partial charge in [0.1, 0.15) is 18.0 Å². The fourth-order valence-corrected chi connectivity index (χ4v) is 5.33. The molecule has 1 amide bonds. The Morgan fingerprint density at radius 1 is 1.00 bits per heavy atom. The molecule has 0 saturated heterocycles. The van der Waals surface area contributed by atoms with Crippen molar-refractivity contribution in [1.82, 2.24) is 4.31 Å². The van der Waals surface area contributed by atoms with Gasteiger partial charge in [0, 0.05) is 16.8 Å². The summed E-state index contributed by atoms with van der Waals surface area (Å²) in [5.41, 5.74) is -1.69. The summed E-state index contributed by atoms with van der Waals surface area (Å²) in [6.45, 7) is -0.932. The number of allylic oxidation sites excluding steroid dienone is 1. The van der Waals surface area contributed by atoms with Gasteiger partial charge in [-0.15, -0.1) is 0 Å². The van der Waals surface area contributed by atoms with Crippen LogP contribution in [0, 0.1) is 0 Å². The summed E-state index contributed by atoms with van der Waals surface area (Å²) >= 11 is 0. The summed E-state index contributed by atoms with van der Waals surface area (Å²) in [6, 6.07) is 14.7. The largest absolute Gasteiger partial charge is 0.505 e. The number of ether oxygens (including phenoxy) is 1. The number of fused-ring (bicyclic) bond motifs is 1. The SMILES string of the molecule is COc1ccc(C(O)=C2C(=O)c3ccccc3S(=O)(=O)N2CC(=O)Nc2ccc(C(F)(F)F)cc2)cc1. The van der Waals surface area contributed by atoms with Crippen molar-refractivity contribution in [1.29, 1.82) is 0 Å². The van der Waals surface area contributed by atoms with Crippen molar-refractivity contribution >= 4 is 33.2 Å². The summed E-state index contributed by atoms with van der Waals surface area (Å²) in [7, 11) is -3.05. The molecule has 0 fully saturated rings. The Morgan fingerprint density at radius 3 is 2.22 bits per heavy atom. The van der Waals surface area contributed by atoms with Gasteiger partial charge in [-0.05, 0) is 60.7 Å². The minimum absolute atomic E-state index is 0.0240. The molecule has 1 aliphatic rings. The number of rotatable bonds is 5. The maximum absolute atomic E-state index is 13.4. The predicted octanol–water partition coefficient (Wildman–Crippen LogP) is 4.47. The predicted molar refractivity (Wildman–Crippen MR) is 127 cm³/mol. The maximum Gasteiger partial charge on any atom is 0.416 e. The Labute approximate surface area is 209 Å². The number of amides is 1. The fraction of sp³-hybridized carbons (Fsp3) is 0.120. The van der Waals surface area contributed by atoms with E-state index >= 15 is 0 Å². The van der Waals surface area contributed by atoms with Gasteiger partial charge in [0.15, 0.2) is 5.76 Å². The molecule has 0 radical (unpaired) electrons. The fourth-order valence-electron chi connectivity index (χ4n) is 3.71. The summed E-state index contributed by atoms with van der Waals surface area (Å²) in [6.07, 6.45) is -4.57. The highest BCUT2D eigenvalue weighted by Crippen LogP contribution is 2.36. The van der Waals surface area contributed by atoms with E-state index in [0.29, 0.717) is 10.1 Å². The second kappa shape index (κ2) is 9.62. The van der Waals surface area contributed by atoms with Crippen molar-refractivity contribution in [2.45, 2.75) is 11.1 Å². The van der Waals surface area contributed by atoms with E-state index in [4.69, 9.17) is 4.74 Å². The van der Waals surface area contributed by atoms with Gasteiger partial charge in [-0.2, -0.15) is 13.2 Å². The minimum Gasteiger partial charge on any atom is -0.505 e. The molecule has 4 rings (SSSR count). The Morgan fingerprint density at radius 2 is 1.62 bits per heavy atom. The highest BCUT2D eigenvalue weighted by atomic mass is 32.2. The van der Waals surface area contributed by atoms with Gasteiger partial charge in [-0.1, -0.05) is 12.1 Å². The number of anilines is 1. The average Bonchev–Trinajstić information content (AvgIpc) is 2.87. The van der Waals surface area contributed by atoms with Crippen molar-refractivity contribution in [3.63, 3.8) is 0 Å². The number of Topliss-reactive ketones (excluding diaryl/α,β-unsaturated/α-hetero) is 1. The average molecular weight is 532 g/mol. The smallest absolute Gasteiger partial charge is 0.416 e. The number of aliphatic hydroxyl groups is 1. The molecular weight excluding hydrogens is 513 g/mol. The van der Waals surface area contributed by atoms with Crippen LogP contribution in [0.1, 0.15) is 21.5 Å². The van der Waals surface area contributed by atoms with E-state index in [2.05, 4.69) is 5.32 Å². The van der Waals surface area contributed by atoms with Crippen LogP contribution in [0.4, 0.5) is 18.9 Å². The van der Waals surface area contributed by atoms with Crippen LogP contribution in [-0.2, 0) is 21.0 Å². The molecule has 0 atom stereocenters. The Bertz CT molecular complexity index is 1500. The van der Waals surface area contributed by atoms with Gasteiger partial charge in [-0.25, -0.2) is 12.7 Å². The molecular formula is C25H19F3N2O6S. The van der Waals surface area contributed by atoms with Crippen molar-refractivity contribution in [3.8, 4) is 5.75 Å². The van der Waals surface area contributed by atoms with Crippen LogP contribution in [0.25, 0.3) is 5.76 Å². The van der Waals surface area contributed by atoms with E-state index in [0.717, 1.165) is 24.3 Å². The first-order valence-corrected chi connectivity index (χ1v) is 12.1. The van der Waals surface area contributed by atoms with Crippen LogP contribution >= 0.6 is 0 Å². The molecule has 0 saturated carbocycles. The van der Waals surface area contributed by atoms with Crippen LogP contribution in [0.15, 0.2) is 83.4 Å². The number of nitrogens with zero attached hydrogens (tertiary/aromatic N) is 1. The second-order valence-electron chi connectivity index (χ2n) is 7.89. The van der Waals surface area contributed by atoms with Crippen molar-refractivity contribution in [2.24, 2.45) is 0 Å². The van der Waals surface area contributed by atoms with Gasteiger partial charge >= 0.3 is 6.18 Å². The van der Waals surface area contributed by atoms with Crippen molar-refractivity contribution < 1.29 is 41.0 Å². The quantitative estimate of drug-likeness (QED) is 0.371. The molecule has 12 heteroatoms. The first kappa shape index (κ1) is 25.8. The van der Waals surface area contributed by atoms with E-state index in [1.54, 1.807) is 0 Å². The zero-order chi connectivity index (χ0) is 27.0. The molecule has 0 unspecified atom stereocenters. The Balaban J connectivity index is 1.74. The molecule has 0 bridgehead atoms. The van der Waals surface area contributed by atoms with E-state index in [1.165, 1.54) is 55.6 Å². The number of sulfonamides is 1. The van der Waals surface area contributed by atoms with Crippen molar-refractivity contribution in [2.75, 3.05) is 19.0 Å². The van der Waals surface area contributed by atoms with Crippen LogP contribution in [0.3, 0.4) is 0 Å². The van der Waals surface area contributed by atoms with Crippen LogP contribution < -0.4 is 10.1 Å². The van der Waals surface area contributed by atoms with Crippen LogP contribution in [0.5, 0.6) is 5.75 Å². The molecule has 1 heterocycles. The molecule has 2 N–H and O–H groups in total. The second-order valence-corrected chi connectivity index (χ2v) is 9.72. The number of carbonyl (C=O) groups is 2. The third-order valence-electron chi connectivity index (χ3n) is 5.54. The normalized spacial score (nSPS) is 16.1. The highest BCUT2D eigenvalue weighted by Gasteiger charge is 2.42. The van der Waals surface area contributed by atoms with E-state index in [9.17, 15) is 36.3 Å². The lowest BCUT2D eigenvalue weighted by Gasteiger charge is -2.31. The number of alkyl halides is 3. The number of benzene rings is 3. The third kappa shape index (κ3) is 5.00. The number of halogens is 3. The lowest BCUT2D eigenvalue weighted by molar-refractivity contribution is -0.137. The van der Waals surface area contributed by atoms with E-state index in [1.807, 2.05) is 0 Å².